The number of aromatic nitrogens is 2. The highest BCUT2D eigenvalue weighted by Gasteiger charge is 2.69. The van der Waals surface area contributed by atoms with E-state index in [1.165, 1.54) is 30.6 Å². The van der Waals surface area contributed by atoms with Crippen molar-refractivity contribution in [2.75, 3.05) is 11.5 Å². The monoisotopic (exact) mass is 1000 g/mol. The molecule has 12 N–H and O–H groups in total. The molecule has 18 heteroatoms. The second kappa shape index (κ2) is 19.3. The first-order valence-electron chi connectivity index (χ1n) is 24.6. The number of fused-ring (bicyclic) bond motifs is 6. The molecule has 10 rings (SSSR count). The number of amides is 1. The Morgan fingerprint density at radius 1 is 0.932 bits per heavy atom. The van der Waals surface area contributed by atoms with Crippen molar-refractivity contribution in [1.82, 2.24) is 9.97 Å². The SMILES string of the molecule is O=C(/C=C/c1ccc(O)c(Cc2cnc[nH]2)c1)N1c2cc(O[C@]3(O)O[C@H](CO)[C@@H](O)[C@H](O)[C@H]3O)c(O)cc2[C@H]2[C@H]([C@@]34CCCC[C@@H]3CCc3cccc(O)c34)C(CC[C@H](O)c3ccc(CO)cc3)=C[C@]21C(=O)O. The molecule has 1 aromatic heterocycles. The van der Waals surface area contributed by atoms with Crippen molar-refractivity contribution in [1.29, 1.82) is 0 Å². The van der Waals surface area contributed by atoms with Crippen LogP contribution in [-0.2, 0) is 39.2 Å². The Morgan fingerprint density at radius 2 is 1.73 bits per heavy atom. The van der Waals surface area contributed by atoms with Crippen LogP contribution in [0.4, 0.5) is 5.69 Å². The van der Waals surface area contributed by atoms with Crippen LogP contribution in [0.5, 0.6) is 23.0 Å². The predicted molar refractivity (Wildman–Crippen MR) is 261 cm³/mol. The maximum atomic E-state index is 15.4. The van der Waals surface area contributed by atoms with Crippen LogP contribution in [0, 0.1) is 11.8 Å². The number of allylic oxidation sites excluding steroid dienone is 1. The zero-order valence-corrected chi connectivity index (χ0v) is 39.7. The number of carbonyl (C=O) groups is 2. The molecule has 5 aromatic rings. The standard InChI is InChI=1S/C55H59N3O15/c59-26-30-7-11-31(12-8-30)39(61)17-14-33-24-54(52(69)70)48(47(33)53-19-2-1-5-35(53)15-13-32-4-3-6-41(63)46(32)53)37-22-42(64)43(72-55(71)51(68)50(67)49(66)44(27-60)73-55)23-38(37)58(54)45(65)18-10-29-9-16-40(62)34(20-29)21-36-25-56-28-57-36/h3-4,6-12,16,18,20,22-25,28,35,39,44,47-51,59-64,66-68,71H,1-2,5,13-15,17,19,21,26-27H2,(H,56,57)(H,69,70)/b18-10+/t35-,39+,44-,47-,48+,49-,50+,51-,53+,54-,55+/m1/s1. The summed E-state index contributed by atoms with van der Waals surface area (Å²) in [5, 5.41) is 122. The number of H-pyrrole nitrogens is 1. The van der Waals surface area contributed by atoms with Crippen molar-refractivity contribution in [3.63, 3.8) is 0 Å². The number of carboxylic acids is 1. The highest BCUT2D eigenvalue weighted by Crippen LogP contribution is 2.69. The number of phenols is 3. The molecular weight excluding hydrogens is 943 g/mol. The van der Waals surface area contributed by atoms with Gasteiger partial charge in [-0.1, -0.05) is 60.9 Å². The third kappa shape index (κ3) is 8.35. The van der Waals surface area contributed by atoms with Gasteiger partial charge in [-0.15, -0.1) is 0 Å². The summed E-state index contributed by atoms with van der Waals surface area (Å²) in [4.78, 5) is 38.3. The second-order valence-electron chi connectivity index (χ2n) is 20.1. The van der Waals surface area contributed by atoms with Crippen molar-refractivity contribution in [2.45, 2.75) is 118 Å². The van der Waals surface area contributed by atoms with E-state index in [9.17, 15) is 61.0 Å². The number of aliphatic hydroxyl groups excluding tert-OH is 6. The molecule has 0 spiro atoms. The maximum absolute atomic E-state index is 15.4. The van der Waals surface area contributed by atoms with E-state index in [1.54, 1.807) is 60.8 Å². The molecule has 0 radical (unpaired) electrons. The van der Waals surface area contributed by atoms with Crippen molar-refractivity contribution in [3.8, 4) is 23.0 Å². The van der Waals surface area contributed by atoms with Crippen LogP contribution < -0.4 is 9.64 Å². The van der Waals surface area contributed by atoms with Crippen LogP contribution in [0.25, 0.3) is 6.08 Å². The Kier molecular flexibility index (Phi) is 13.2. The first-order chi connectivity index (χ1) is 35.0. The lowest BCUT2D eigenvalue weighted by atomic mass is 9.48. The average molecular weight is 1000 g/mol. The van der Waals surface area contributed by atoms with Gasteiger partial charge in [-0.25, -0.2) is 9.78 Å². The van der Waals surface area contributed by atoms with Crippen LogP contribution in [-0.4, -0.2) is 121 Å². The molecular formula is C55H59N3O15. The number of ether oxygens (including phenoxy) is 2. The topological polar surface area (TPSA) is 307 Å². The van der Waals surface area contributed by atoms with E-state index in [0.717, 1.165) is 35.8 Å². The van der Waals surface area contributed by atoms with E-state index in [-0.39, 0.29) is 54.5 Å². The number of aliphatic carboxylic acids is 1. The van der Waals surface area contributed by atoms with E-state index in [4.69, 9.17) is 9.47 Å². The van der Waals surface area contributed by atoms with Crippen molar-refractivity contribution >= 4 is 23.6 Å². The lowest BCUT2D eigenvalue weighted by Crippen LogP contribution is -2.67. The molecule has 3 heterocycles. The Hall–Kier alpha value is -6.61. The fraction of sp³-hybridized carbons (Fsp3) is 0.400. The van der Waals surface area contributed by atoms with E-state index >= 15 is 4.79 Å². The van der Waals surface area contributed by atoms with Gasteiger partial charge in [-0.05, 0) is 109 Å². The number of carbonyl (C=O) groups excluding carboxylic acids is 1. The predicted octanol–water partition coefficient (Wildman–Crippen LogP) is 4.22. The number of benzene rings is 4. The molecule has 11 atom stereocenters. The first-order valence-corrected chi connectivity index (χ1v) is 24.6. The van der Waals surface area contributed by atoms with Gasteiger partial charge in [0, 0.05) is 58.8 Å². The minimum Gasteiger partial charge on any atom is -0.508 e. The fourth-order valence-electron chi connectivity index (χ4n) is 12.9. The number of anilines is 1. The fourth-order valence-corrected chi connectivity index (χ4v) is 12.9. The molecule has 384 valence electrons. The number of imidazole rings is 1. The molecule has 4 aromatic carbocycles. The Labute approximate surface area is 419 Å². The molecule has 0 bridgehead atoms. The summed E-state index contributed by atoms with van der Waals surface area (Å²) in [5.41, 5.74) is 2.06. The average Bonchev–Trinajstić information content (AvgIpc) is 4.10. The van der Waals surface area contributed by atoms with Crippen LogP contribution >= 0.6 is 0 Å². The summed E-state index contributed by atoms with van der Waals surface area (Å²) < 4.78 is 11.1. The van der Waals surface area contributed by atoms with E-state index < -0.39 is 89.3 Å². The second-order valence-corrected chi connectivity index (χ2v) is 20.1. The number of hydrogen-bond acceptors (Lipinski definition) is 15. The Bertz CT molecular complexity index is 2960. The lowest BCUT2D eigenvalue weighted by molar-refractivity contribution is -0.422. The number of nitrogens with zero attached hydrogens (tertiary/aromatic N) is 2. The molecule has 1 saturated heterocycles. The summed E-state index contributed by atoms with van der Waals surface area (Å²) in [7, 11) is 0. The number of nitrogens with one attached hydrogen (secondary N) is 1. The van der Waals surface area contributed by atoms with Gasteiger partial charge in [0.15, 0.2) is 23.1 Å². The molecule has 3 aliphatic carbocycles. The van der Waals surface area contributed by atoms with Crippen LogP contribution in [0.1, 0.15) is 102 Å². The first kappa shape index (κ1) is 49.9. The normalized spacial score (nSPS) is 29.8. The highest BCUT2D eigenvalue weighted by molar-refractivity contribution is 6.13. The van der Waals surface area contributed by atoms with Crippen LogP contribution in [0.2, 0.25) is 0 Å². The van der Waals surface area contributed by atoms with E-state index in [0.29, 0.717) is 58.3 Å². The van der Waals surface area contributed by atoms with E-state index in [1.807, 2.05) is 6.07 Å². The number of phenolic OH excluding ortho intramolecular Hbond substituents is 3. The van der Waals surface area contributed by atoms with Crippen LogP contribution in [0.3, 0.4) is 0 Å². The smallest absolute Gasteiger partial charge is 0.355 e. The van der Waals surface area contributed by atoms with Gasteiger partial charge in [0.05, 0.1) is 31.3 Å². The number of rotatable bonds is 14. The minimum absolute atomic E-state index is 0.00900. The zero-order valence-electron chi connectivity index (χ0n) is 39.7. The Balaban J connectivity index is 1.16. The third-order valence-corrected chi connectivity index (χ3v) is 16.2. The molecule has 2 aliphatic heterocycles. The van der Waals surface area contributed by atoms with Gasteiger partial charge < -0.3 is 70.6 Å². The van der Waals surface area contributed by atoms with Gasteiger partial charge in [-0.2, -0.15) is 0 Å². The number of aliphatic hydroxyl groups is 7. The largest absolute Gasteiger partial charge is 0.508 e. The number of aromatic hydroxyl groups is 3. The summed E-state index contributed by atoms with van der Waals surface area (Å²) in [6.07, 6.45) is 3.12. The van der Waals surface area contributed by atoms with Crippen molar-refractivity contribution in [2.24, 2.45) is 11.8 Å². The van der Waals surface area contributed by atoms with Gasteiger partial charge >= 0.3 is 11.9 Å². The quantitative estimate of drug-likeness (QED) is 0.0421. The number of hydrogen-bond donors (Lipinski definition) is 12. The summed E-state index contributed by atoms with van der Waals surface area (Å²) >= 11 is 0. The third-order valence-electron chi connectivity index (χ3n) is 16.2. The van der Waals surface area contributed by atoms with Gasteiger partial charge in [0.2, 0.25) is 0 Å². The summed E-state index contributed by atoms with van der Waals surface area (Å²) in [5.74, 6) is -8.80. The highest BCUT2D eigenvalue weighted by atomic mass is 16.8. The zero-order chi connectivity index (χ0) is 51.6. The maximum Gasteiger partial charge on any atom is 0.355 e. The molecule has 5 aliphatic rings. The number of aromatic amines is 1. The molecule has 73 heavy (non-hydrogen) atoms. The number of carboxylic acid groups (broad SMARTS) is 1. The van der Waals surface area contributed by atoms with Gasteiger partial charge in [-0.3, -0.25) is 9.69 Å². The van der Waals surface area contributed by atoms with Gasteiger partial charge in [0.1, 0.15) is 29.8 Å². The summed E-state index contributed by atoms with van der Waals surface area (Å²) in [6.45, 7) is -1.12. The molecule has 1 saturated carbocycles. The van der Waals surface area contributed by atoms with Gasteiger partial charge in [0.25, 0.3) is 5.91 Å². The van der Waals surface area contributed by atoms with Crippen molar-refractivity contribution in [3.05, 3.63) is 148 Å². The van der Waals surface area contributed by atoms with Crippen molar-refractivity contribution < 1.29 is 75.2 Å². The Morgan fingerprint density at radius 3 is 2.45 bits per heavy atom. The van der Waals surface area contributed by atoms with Crippen LogP contribution in [0.15, 0.2) is 103 Å². The number of aryl methyl sites for hydroxylation is 1. The van der Waals surface area contributed by atoms with E-state index in [2.05, 4.69) is 9.97 Å². The molecule has 1 amide bonds. The molecule has 18 nitrogen and oxygen atoms in total. The molecule has 0 unspecified atom stereocenters. The molecule has 2 fully saturated rings. The lowest BCUT2D eigenvalue weighted by Gasteiger charge is -2.55. The summed E-state index contributed by atoms with van der Waals surface area (Å²) in [6, 6.07) is 19.3. The minimum atomic E-state index is -3.20.